The average Bonchev–Trinajstić information content (AvgIpc) is 3.28. The first kappa shape index (κ1) is 26.7. The lowest BCUT2D eigenvalue weighted by Gasteiger charge is -2.35. The van der Waals surface area contributed by atoms with Gasteiger partial charge in [-0.1, -0.05) is 42.5 Å². The molecule has 5 rings (SSSR count). The highest BCUT2D eigenvalue weighted by Crippen LogP contribution is 2.38. The third kappa shape index (κ3) is 5.23. The van der Waals surface area contributed by atoms with Crippen LogP contribution in [0.1, 0.15) is 29.7 Å². The van der Waals surface area contributed by atoms with Gasteiger partial charge < -0.3 is 19.9 Å². The van der Waals surface area contributed by atoms with E-state index in [2.05, 4.69) is 5.32 Å². The molecule has 11 heteroatoms. The van der Waals surface area contributed by atoms with E-state index in [1.165, 1.54) is 21.9 Å². The Kier molecular flexibility index (Phi) is 7.35. The lowest BCUT2D eigenvalue weighted by molar-refractivity contribution is -0.145. The molecule has 0 aliphatic carbocycles. The number of carbonyl (C=O) groups excluding carboxylic acids is 3. The number of likely N-dealkylation sites (N-methyl/N-ethyl adjacent to an activating group) is 1. The molecule has 39 heavy (non-hydrogen) atoms. The van der Waals surface area contributed by atoms with Gasteiger partial charge in [-0.3, -0.25) is 14.5 Å². The van der Waals surface area contributed by atoms with Crippen LogP contribution in [0.2, 0.25) is 0 Å². The second-order valence-corrected chi connectivity index (χ2v) is 9.68. The van der Waals surface area contributed by atoms with Gasteiger partial charge in [0.1, 0.15) is 6.04 Å². The van der Waals surface area contributed by atoms with Crippen LogP contribution in [0.5, 0.6) is 0 Å². The number of carbonyl (C=O) groups is 3. The fourth-order valence-electron chi connectivity index (χ4n) is 5.38. The van der Waals surface area contributed by atoms with Crippen molar-refractivity contribution in [2.24, 2.45) is 0 Å². The Morgan fingerprint density at radius 1 is 1.05 bits per heavy atom. The molecule has 206 valence electrons. The standard InChI is InChI=1S/C28H29F3N4O4/c1-2-34-22-17-35(21(16-18-6-4-3-5-7-18)25(36)33-12-14-39-15-13-33)26(37)23(22)24(32-27(34)38)19-8-10-20(11-9-19)28(29,30)31/h3-11,21,24H,2,12-17H2,1H3,(H,32,38)/t21-,24-/m1/s1. The molecule has 1 fully saturated rings. The van der Waals surface area contributed by atoms with Crippen LogP contribution in [-0.4, -0.2) is 78.0 Å². The third-order valence-corrected chi connectivity index (χ3v) is 7.39. The summed E-state index contributed by atoms with van der Waals surface area (Å²) >= 11 is 0. The summed E-state index contributed by atoms with van der Waals surface area (Å²) in [5, 5.41) is 2.78. The van der Waals surface area contributed by atoms with Gasteiger partial charge in [0.05, 0.1) is 42.6 Å². The summed E-state index contributed by atoms with van der Waals surface area (Å²) < 4.78 is 44.9. The topological polar surface area (TPSA) is 82.2 Å². The highest BCUT2D eigenvalue weighted by molar-refractivity contribution is 6.03. The molecular weight excluding hydrogens is 513 g/mol. The predicted octanol–water partition coefficient (Wildman–Crippen LogP) is 3.36. The van der Waals surface area contributed by atoms with Crippen LogP contribution < -0.4 is 5.32 Å². The Morgan fingerprint density at radius 3 is 2.33 bits per heavy atom. The van der Waals surface area contributed by atoms with Crippen LogP contribution in [-0.2, 0) is 26.9 Å². The summed E-state index contributed by atoms with van der Waals surface area (Å²) in [6.45, 7) is 3.74. The molecule has 0 saturated carbocycles. The van der Waals surface area contributed by atoms with Gasteiger partial charge in [-0.25, -0.2) is 4.79 Å². The highest BCUT2D eigenvalue weighted by Gasteiger charge is 2.47. The SMILES string of the molecule is CCN1C(=O)N[C@H](c2ccc(C(F)(F)F)cc2)C2=C1CN([C@H](Cc1ccccc1)C(=O)N1CCOCC1)C2=O. The van der Waals surface area contributed by atoms with Crippen molar-refractivity contribution in [3.8, 4) is 0 Å². The Hall–Kier alpha value is -3.86. The van der Waals surface area contributed by atoms with Crippen molar-refractivity contribution in [1.82, 2.24) is 20.0 Å². The second-order valence-electron chi connectivity index (χ2n) is 9.68. The van der Waals surface area contributed by atoms with Gasteiger partial charge in [-0.2, -0.15) is 13.2 Å². The Labute approximate surface area is 224 Å². The zero-order valence-electron chi connectivity index (χ0n) is 21.4. The molecule has 3 aliphatic heterocycles. The molecular formula is C28H29F3N4O4. The van der Waals surface area contributed by atoms with Crippen molar-refractivity contribution in [3.05, 3.63) is 82.6 Å². The van der Waals surface area contributed by atoms with Crippen molar-refractivity contribution < 1.29 is 32.3 Å². The summed E-state index contributed by atoms with van der Waals surface area (Å²) in [5.41, 5.74) is 1.14. The molecule has 2 aromatic carbocycles. The quantitative estimate of drug-likeness (QED) is 0.607. The summed E-state index contributed by atoms with van der Waals surface area (Å²) in [5.74, 6) is -0.625. The molecule has 0 unspecified atom stereocenters. The lowest BCUT2D eigenvalue weighted by atomic mass is 9.94. The number of rotatable bonds is 6. The first-order valence-corrected chi connectivity index (χ1v) is 12.9. The van der Waals surface area contributed by atoms with Crippen molar-refractivity contribution in [2.45, 2.75) is 31.6 Å². The van der Waals surface area contributed by atoms with Gasteiger partial charge >= 0.3 is 12.2 Å². The number of nitrogens with zero attached hydrogens (tertiary/aromatic N) is 3. The second kappa shape index (κ2) is 10.7. The maximum Gasteiger partial charge on any atom is 0.416 e. The summed E-state index contributed by atoms with van der Waals surface area (Å²) in [7, 11) is 0. The van der Waals surface area contributed by atoms with Crippen LogP contribution in [0.4, 0.5) is 18.0 Å². The number of hydrogen-bond donors (Lipinski definition) is 1. The number of alkyl halides is 3. The number of ether oxygens (including phenoxy) is 1. The van der Waals surface area contributed by atoms with E-state index in [0.717, 1.165) is 17.7 Å². The number of urea groups is 1. The van der Waals surface area contributed by atoms with Crippen LogP contribution in [0.15, 0.2) is 65.9 Å². The molecule has 8 nitrogen and oxygen atoms in total. The van der Waals surface area contributed by atoms with Gasteiger partial charge in [0, 0.05) is 26.1 Å². The van der Waals surface area contributed by atoms with E-state index in [9.17, 15) is 27.6 Å². The molecule has 1 N–H and O–H groups in total. The fourth-order valence-corrected chi connectivity index (χ4v) is 5.38. The normalized spacial score (nSPS) is 20.7. The van der Waals surface area contributed by atoms with Crippen LogP contribution in [0.25, 0.3) is 0 Å². The van der Waals surface area contributed by atoms with E-state index in [1.807, 2.05) is 30.3 Å². The van der Waals surface area contributed by atoms with Crippen molar-refractivity contribution >= 4 is 17.8 Å². The number of morpholine rings is 1. The zero-order chi connectivity index (χ0) is 27.7. The first-order chi connectivity index (χ1) is 18.7. The molecule has 3 heterocycles. The van der Waals surface area contributed by atoms with E-state index in [1.54, 1.807) is 11.8 Å². The Balaban J connectivity index is 1.50. The smallest absolute Gasteiger partial charge is 0.378 e. The van der Waals surface area contributed by atoms with Gasteiger partial charge in [0.25, 0.3) is 5.91 Å². The minimum atomic E-state index is -4.51. The molecule has 2 atom stereocenters. The molecule has 4 amide bonds. The third-order valence-electron chi connectivity index (χ3n) is 7.39. The van der Waals surface area contributed by atoms with Crippen LogP contribution >= 0.6 is 0 Å². The van der Waals surface area contributed by atoms with E-state index in [4.69, 9.17) is 4.74 Å². The maximum atomic E-state index is 14.1. The number of hydrogen-bond acceptors (Lipinski definition) is 4. The molecule has 0 bridgehead atoms. The number of benzene rings is 2. The number of amides is 4. The Morgan fingerprint density at radius 2 is 1.72 bits per heavy atom. The molecule has 0 aromatic heterocycles. The highest BCUT2D eigenvalue weighted by atomic mass is 19.4. The molecule has 0 radical (unpaired) electrons. The Bertz CT molecular complexity index is 1270. The van der Waals surface area contributed by atoms with Crippen molar-refractivity contribution in [2.75, 3.05) is 39.4 Å². The minimum Gasteiger partial charge on any atom is -0.378 e. The largest absolute Gasteiger partial charge is 0.416 e. The van der Waals surface area contributed by atoms with Gasteiger partial charge in [-0.15, -0.1) is 0 Å². The van der Waals surface area contributed by atoms with E-state index >= 15 is 0 Å². The summed E-state index contributed by atoms with van der Waals surface area (Å²) in [6, 6.07) is 11.6. The van der Waals surface area contributed by atoms with E-state index in [0.29, 0.717) is 37.6 Å². The maximum absolute atomic E-state index is 14.1. The number of nitrogens with one attached hydrogen (secondary N) is 1. The fraction of sp³-hybridized carbons (Fsp3) is 0.393. The number of halogens is 3. The van der Waals surface area contributed by atoms with Gasteiger partial charge in [-0.05, 0) is 30.2 Å². The van der Waals surface area contributed by atoms with E-state index < -0.39 is 35.8 Å². The van der Waals surface area contributed by atoms with Crippen LogP contribution in [0, 0.1) is 0 Å². The molecule has 3 aliphatic rings. The molecule has 2 aromatic rings. The summed E-state index contributed by atoms with van der Waals surface area (Å²) in [6.07, 6.45) is -4.23. The zero-order valence-corrected chi connectivity index (χ0v) is 21.4. The van der Waals surface area contributed by atoms with Crippen LogP contribution in [0.3, 0.4) is 0 Å². The minimum absolute atomic E-state index is 0.0418. The first-order valence-electron chi connectivity index (χ1n) is 12.9. The summed E-state index contributed by atoms with van der Waals surface area (Å²) in [4.78, 5) is 45.5. The molecule has 1 saturated heterocycles. The molecule has 0 spiro atoms. The van der Waals surface area contributed by atoms with Gasteiger partial charge in [0.2, 0.25) is 5.91 Å². The monoisotopic (exact) mass is 542 g/mol. The average molecular weight is 543 g/mol. The predicted molar refractivity (Wildman–Crippen MR) is 135 cm³/mol. The lowest BCUT2D eigenvalue weighted by Crippen LogP contribution is -2.53. The van der Waals surface area contributed by atoms with E-state index in [-0.39, 0.29) is 31.0 Å². The van der Waals surface area contributed by atoms with Crippen molar-refractivity contribution in [3.63, 3.8) is 0 Å². The van der Waals surface area contributed by atoms with Gasteiger partial charge in [0.15, 0.2) is 0 Å². The van der Waals surface area contributed by atoms with Crippen molar-refractivity contribution in [1.29, 1.82) is 0 Å².